The molecule has 17 nitrogen and oxygen atoms in total. The van der Waals surface area contributed by atoms with E-state index in [1.54, 1.807) is 4.90 Å². The van der Waals surface area contributed by atoms with Gasteiger partial charge in [0.25, 0.3) is 5.91 Å². The summed E-state index contributed by atoms with van der Waals surface area (Å²) in [5.41, 5.74) is -1.01. The topological polar surface area (TPSA) is 242 Å². The Hall–Kier alpha value is -6.18. The Morgan fingerprint density at radius 2 is 1.72 bits per heavy atom. The molecule has 4 heterocycles. The van der Waals surface area contributed by atoms with Gasteiger partial charge in [-0.1, -0.05) is 6.07 Å². The van der Waals surface area contributed by atoms with Gasteiger partial charge in [0.2, 0.25) is 5.91 Å². The molecule has 2 aromatic carbocycles. The van der Waals surface area contributed by atoms with Crippen molar-refractivity contribution in [2.24, 2.45) is 0 Å². The van der Waals surface area contributed by atoms with E-state index >= 15 is 0 Å². The van der Waals surface area contributed by atoms with E-state index in [-0.39, 0.29) is 72.6 Å². The van der Waals surface area contributed by atoms with E-state index in [9.17, 15) is 58.2 Å². The average Bonchev–Trinajstić information content (AvgIpc) is 3.52. The van der Waals surface area contributed by atoms with Crippen molar-refractivity contribution in [1.29, 1.82) is 0 Å². The summed E-state index contributed by atoms with van der Waals surface area (Å²) < 4.78 is 34.2. The second-order valence-electron chi connectivity index (χ2n) is 12.8. The Morgan fingerprint density at radius 1 is 1.00 bits per heavy atom. The number of fused-ring (bicyclic) bond motifs is 1. The molecular formula is C33H33BF2N6O11. The molecule has 7 N–H and O–H groups in total. The number of hydrogen-bond acceptors (Lipinski definition) is 11. The van der Waals surface area contributed by atoms with Gasteiger partial charge in [0.05, 0.1) is 17.7 Å². The molecule has 2 atom stereocenters. The van der Waals surface area contributed by atoms with E-state index < -0.39 is 77.5 Å². The number of aromatic carboxylic acids is 1. The van der Waals surface area contributed by atoms with Crippen molar-refractivity contribution in [3.05, 3.63) is 76.1 Å². The molecule has 6 amide bonds. The van der Waals surface area contributed by atoms with Crippen molar-refractivity contribution in [3.63, 3.8) is 0 Å². The van der Waals surface area contributed by atoms with E-state index in [0.29, 0.717) is 18.9 Å². The number of aromatic nitrogens is 1. The number of imide groups is 1. The molecular weight excluding hydrogens is 705 g/mol. The van der Waals surface area contributed by atoms with Crippen LogP contribution in [0.1, 0.15) is 56.3 Å². The largest absolute Gasteiger partial charge is 0.547 e. The summed E-state index contributed by atoms with van der Waals surface area (Å²) >= 11 is 0. The Morgan fingerprint density at radius 3 is 2.40 bits per heavy atom. The lowest BCUT2D eigenvalue weighted by molar-refractivity contribution is -0.123. The summed E-state index contributed by atoms with van der Waals surface area (Å²) in [5.74, 6) is -9.45. The van der Waals surface area contributed by atoms with E-state index in [1.165, 1.54) is 36.4 Å². The van der Waals surface area contributed by atoms with Crippen LogP contribution in [0.25, 0.3) is 0 Å². The first kappa shape index (κ1) is 36.6. The quantitative estimate of drug-likeness (QED) is 0.135. The van der Waals surface area contributed by atoms with Gasteiger partial charge in [0.1, 0.15) is 28.9 Å². The second kappa shape index (κ2) is 14.4. The van der Waals surface area contributed by atoms with Crippen molar-refractivity contribution in [2.45, 2.75) is 44.2 Å². The number of pyridine rings is 1. The standard InChI is InChI=1S/C33H33BF2N6O11/c1-15-20(12-22(36)27(45)26(15)44)25(29(46)38-23-11-16-2-3-21(35)24(31(48)49)28(16)53-34(23)52)39-32(50)42-9-8-41(33(42)51)18-4-6-40(7-5-18)30(47)17-10-19(43)14-37-13-17/h2-3,10,12-14,18,23,25,43-45,52H,4-9,11H2,1H3,(H,38,46)(H,39,50)(H,48,49)/t23-,25?/m0/s1. The number of carboxylic acids is 1. The van der Waals surface area contributed by atoms with Crippen molar-refractivity contribution < 1.29 is 62.9 Å². The van der Waals surface area contributed by atoms with Gasteiger partial charge < -0.3 is 50.5 Å². The molecule has 20 heteroatoms. The summed E-state index contributed by atoms with van der Waals surface area (Å²) in [7, 11) is -1.90. The Labute approximate surface area is 299 Å². The number of halogens is 2. The zero-order valence-electron chi connectivity index (χ0n) is 28.0. The van der Waals surface area contributed by atoms with Crippen LogP contribution in [-0.4, -0.2) is 120 Å². The van der Waals surface area contributed by atoms with Gasteiger partial charge in [-0.05, 0) is 55.5 Å². The van der Waals surface area contributed by atoms with Crippen LogP contribution in [0.5, 0.6) is 23.0 Å². The summed E-state index contributed by atoms with van der Waals surface area (Å²) in [6.45, 7) is 1.82. The molecule has 3 aliphatic rings. The van der Waals surface area contributed by atoms with Gasteiger partial charge >= 0.3 is 25.1 Å². The molecule has 0 saturated carbocycles. The van der Waals surface area contributed by atoms with Crippen LogP contribution in [0.15, 0.2) is 36.7 Å². The van der Waals surface area contributed by atoms with Crippen LogP contribution >= 0.6 is 0 Å². The van der Waals surface area contributed by atoms with Gasteiger partial charge in [-0.2, -0.15) is 0 Å². The van der Waals surface area contributed by atoms with Gasteiger partial charge in [0, 0.05) is 44.0 Å². The molecule has 278 valence electrons. The van der Waals surface area contributed by atoms with Crippen LogP contribution in [-0.2, 0) is 11.2 Å². The van der Waals surface area contributed by atoms with Crippen LogP contribution in [0.3, 0.4) is 0 Å². The second-order valence-corrected chi connectivity index (χ2v) is 12.8. The predicted molar refractivity (Wildman–Crippen MR) is 177 cm³/mol. The number of nitrogens with zero attached hydrogens (tertiary/aromatic N) is 4. The third-order valence-corrected chi connectivity index (χ3v) is 9.56. The van der Waals surface area contributed by atoms with E-state index in [2.05, 4.69) is 15.6 Å². The first-order valence-corrected chi connectivity index (χ1v) is 16.4. The maximum atomic E-state index is 14.7. The summed E-state index contributed by atoms with van der Waals surface area (Å²) in [6, 6.07) is 0.150. The normalized spacial score (nSPS) is 18.0. The number of amides is 6. The van der Waals surface area contributed by atoms with Crippen molar-refractivity contribution in [1.82, 2.24) is 30.3 Å². The van der Waals surface area contributed by atoms with Crippen LogP contribution < -0.4 is 15.3 Å². The highest BCUT2D eigenvalue weighted by Gasteiger charge is 2.43. The highest BCUT2D eigenvalue weighted by molar-refractivity contribution is 6.47. The van der Waals surface area contributed by atoms with Gasteiger partial charge in [-0.25, -0.2) is 28.1 Å². The Balaban J connectivity index is 1.17. The molecule has 53 heavy (non-hydrogen) atoms. The fraction of sp³-hybridized carbons (Fsp3) is 0.333. The molecule has 1 unspecified atom stereocenters. The van der Waals surface area contributed by atoms with Crippen molar-refractivity contribution >= 4 is 37.0 Å². The molecule has 2 fully saturated rings. The Bertz CT molecular complexity index is 2010. The molecule has 0 spiro atoms. The Kier molecular flexibility index (Phi) is 9.98. The van der Waals surface area contributed by atoms with Crippen LogP contribution in [0.4, 0.5) is 18.4 Å². The number of rotatable bonds is 7. The van der Waals surface area contributed by atoms with Gasteiger partial charge in [-0.15, -0.1) is 0 Å². The fourth-order valence-electron chi connectivity index (χ4n) is 6.74. The van der Waals surface area contributed by atoms with Crippen molar-refractivity contribution in [3.8, 4) is 23.0 Å². The number of phenolic OH excluding ortho intramolecular Hbond substituents is 2. The lowest BCUT2D eigenvalue weighted by Crippen LogP contribution is -2.56. The maximum absolute atomic E-state index is 14.7. The molecule has 6 rings (SSSR count). The number of nitrogens with one attached hydrogen (secondary N) is 2. The lowest BCUT2D eigenvalue weighted by atomic mass is 9.72. The summed E-state index contributed by atoms with van der Waals surface area (Å²) in [6.07, 6.45) is 3.04. The first-order valence-electron chi connectivity index (χ1n) is 16.4. The molecule has 0 aliphatic carbocycles. The number of carboxylic acid groups (broad SMARTS) is 1. The lowest BCUT2D eigenvalue weighted by Gasteiger charge is -2.36. The van der Waals surface area contributed by atoms with Gasteiger partial charge in [-0.3, -0.25) is 14.6 Å². The zero-order chi connectivity index (χ0) is 38.3. The molecule has 1 aromatic heterocycles. The number of aromatic hydroxyl groups is 3. The zero-order valence-corrected chi connectivity index (χ0v) is 28.0. The number of carbonyl (C=O) groups excluding carboxylic acids is 4. The third-order valence-electron chi connectivity index (χ3n) is 9.56. The van der Waals surface area contributed by atoms with Crippen LogP contribution in [0, 0.1) is 18.6 Å². The molecule has 0 bridgehead atoms. The average molecular weight is 738 g/mol. The monoisotopic (exact) mass is 738 g/mol. The van der Waals surface area contributed by atoms with Gasteiger partial charge in [0.15, 0.2) is 17.3 Å². The third kappa shape index (κ3) is 7.04. The number of urea groups is 2. The molecule has 0 radical (unpaired) electrons. The number of likely N-dealkylation sites (tertiary alicyclic amines) is 1. The summed E-state index contributed by atoms with van der Waals surface area (Å²) in [5, 5.41) is 54.9. The SMILES string of the molecule is Cc1c(C(NC(=O)N2CCN(C3CCN(C(=O)c4cncc(O)c4)CC3)C2=O)C(=O)N[C@H]2Cc3ccc(F)c(C(=O)O)c3OB2O)cc(F)c(O)c1O. The number of benzene rings is 2. The van der Waals surface area contributed by atoms with E-state index in [1.807, 2.05) is 0 Å². The van der Waals surface area contributed by atoms with E-state index in [0.717, 1.165) is 11.0 Å². The molecule has 2 saturated heterocycles. The smallest absolute Gasteiger partial charge is 0.534 e. The first-order chi connectivity index (χ1) is 25.2. The summed E-state index contributed by atoms with van der Waals surface area (Å²) in [4.78, 5) is 73.2. The highest BCUT2D eigenvalue weighted by Crippen LogP contribution is 2.37. The maximum Gasteiger partial charge on any atom is 0.547 e. The number of hydrogen-bond donors (Lipinski definition) is 7. The fourth-order valence-corrected chi connectivity index (χ4v) is 6.74. The minimum absolute atomic E-state index is 0.101. The number of piperidine rings is 1. The number of carbonyl (C=O) groups is 5. The highest BCUT2D eigenvalue weighted by atomic mass is 19.1. The number of phenols is 2. The molecule has 3 aliphatic heterocycles. The molecule has 3 aromatic rings. The minimum atomic E-state index is -1.90. The predicted octanol–water partition coefficient (Wildman–Crippen LogP) is 1.42. The minimum Gasteiger partial charge on any atom is -0.534 e. The van der Waals surface area contributed by atoms with Crippen molar-refractivity contribution in [2.75, 3.05) is 26.2 Å². The van der Waals surface area contributed by atoms with E-state index in [4.69, 9.17) is 4.65 Å². The van der Waals surface area contributed by atoms with Crippen LogP contribution in [0.2, 0.25) is 0 Å².